The topological polar surface area (TPSA) is 87.5 Å². The molecule has 11 heteroatoms. The van der Waals surface area contributed by atoms with Crippen LogP contribution >= 0.6 is 0 Å². The number of piperazine rings is 1. The number of carbonyl (C=O) groups is 2. The van der Waals surface area contributed by atoms with Crippen molar-refractivity contribution >= 4 is 11.9 Å². The Morgan fingerprint density at radius 1 is 1.10 bits per heavy atom. The van der Waals surface area contributed by atoms with Crippen LogP contribution in [-0.4, -0.2) is 64.2 Å². The number of halogens is 3. The fourth-order valence-corrected chi connectivity index (χ4v) is 3.36. The third-order valence-corrected chi connectivity index (χ3v) is 4.93. The van der Waals surface area contributed by atoms with E-state index in [0.717, 1.165) is 16.8 Å². The number of carbonyl (C=O) groups excluding carboxylic acids is 2. The molecule has 3 amide bonds. The minimum absolute atomic E-state index is 0.166. The first kappa shape index (κ1) is 22.3. The van der Waals surface area contributed by atoms with Gasteiger partial charge in [0.25, 0.3) is 5.91 Å². The fourth-order valence-electron chi connectivity index (χ4n) is 3.36. The van der Waals surface area contributed by atoms with Crippen molar-refractivity contribution in [1.82, 2.24) is 24.9 Å². The van der Waals surface area contributed by atoms with E-state index >= 15 is 0 Å². The van der Waals surface area contributed by atoms with Crippen LogP contribution in [0.1, 0.15) is 28.7 Å². The lowest BCUT2D eigenvalue weighted by Crippen LogP contribution is -2.53. The molecule has 1 aliphatic rings. The quantitative estimate of drug-likeness (QED) is 0.796. The number of urea groups is 1. The molecule has 0 unspecified atom stereocenters. The molecule has 1 saturated heterocycles. The molecule has 1 aromatic heterocycles. The minimum atomic E-state index is -4.63. The molecular weight excluding hydrogens is 415 g/mol. The molecule has 1 aromatic carbocycles. The lowest BCUT2D eigenvalue weighted by Gasteiger charge is -2.34. The molecule has 8 nitrogen and oxygen atoms in total. The molecule has 0 atom stereocenters. The van der Waals surface area contributed by atoms with Crippen LogP contribution in [-0.2, 0) is 6.18 Å². The van der Waals surface area contributed by atoms with E-state index in [1.54, 1.807) is 11.8 Å². The normalized spacial score (nSPS) is 14.5. The first-order valence-corrected chi connectivity index (χ1v) is 9.73. The van der Waals surface area contributed by atoms with Gasteiger partial charge in [-0.15, -0.1) is 0 Å². The van der Waals surface area contributed by atoms with Crippen molar-refractivity contribution < 1.29 is 22.8 Å². The summed E-state index contributed by atoms with van der Waals surface area (Å²) in [6.45, 7) is 4.63. The zero-order valence-corrected chi connectivity index (χ0v) is 17.1. The van der Waals surface area contributed by atoms with Gasteiger partial charge in [0.15, 0.2) is 5.69 Å². The van der Waals surface area contributed by atoms with Gasteiger partial charge < -0.3 is 15.1 Å². The van der Waals surface area contributed by atoms with Gasteiger partial charge in [0.1, 0.15) is 0 Å². The maximum atomic E-state index is 13.4. The Labute approximate surface area is 176 Å². The molecule has 0 bridgehead atoms. The van der Waals surface area contributed by atoms with Gasteiger partial charge in [0, 0.05) is 44.5 Å². The summed E-state index contributed by atoms with van der Waals surface area (Å²) in [5, 5.41) is 6.67. The number of aryl methyl sites for hydroxylation is 1. The number of alkyl halides is 3. The summed E-state index contributed by atoms with van der Waals surface area (Å²) < 4.78 is 41.3. The summed E-state index contributed by atoms with van der Waals surface area (Å²) in [5.41, 5.74) is -2.17. The van der Waals surface area contributed by atoms with Gasteiger partial charge in [-0.3, -0.25) is 9.59 Å². The second kappa shape index (κ2) is 8.78. The third kappa shape index (κ3) is 4.70. The average molecular weight is 437 g/mol. The maximum absolute atomic E-state index is 13.4. The number of hydrogen-bond donors (Lipinski definition) is 1. The molecule has 1 fully saturated rings. The van der Waals surface area contributed by atoms with E-state index in [4.69, 9.17) is 0 Å². The number of aromatic nitrogens is 2. The molecule has 0 radical (unpaired) electrons. The molecule has 0 saturated carbocycles. The van der Waals surface area contributed by atoms with E-state index in [-0.39, 0.29) is 43.6 Å². The summed E-state index contributed by atoms with van der Waals surface area (Å²) in [7, 11) is 0. The Kier molecular flexibility index (Phi) is 6.32. The van der Waals surface area contributed by atoms with Crippen molar-refractivity contribution in [3.63, 3.8) is 0 Å². The SMILES string of the molecule is CCNC(=O)N1CCN(C(=O)c2nn(-c3ccccc3C(F)(F)F)c(C)cc2=O)CC1. The molecule has 1 aliphatic heterocycles. The highest BCUT2D eigenvalue weighted by molar-refractivity contribution is 5.92. The average Bonchev–Trinajstić information content (AvgIpc) is 2.73. The molecule has 0 spiro atoms. The predicted molar refractivity (Wildman–Crippen MR) is 106 cm³/mol. The standard InChI is InChI=1S/C20H22F3N5O3/c1-3-24-19(31)27-10-8-26(9-11-27)18(30)17-16(29)12-13(2)28(25-17)15-7-5-4-6-14(15)20(21,22)23/h4-7,12H,3,8-11H2,1-2H3,(H,24,31). The molecule has 3 rings (SSSR count). The third-order valence-electron chi connectivity index (χ3n) is 4.93. The van der Waals surface area contributed by atoms with E-state index in [0.29, 0.717) is 6.54 Å². The summed E-state index contributed by atoms with van der Waals surface area (Å²) in [6.07, 6.45) is -4.63. The zero-order valence-electron chi connectivity index (χ0n) is 17.1. The van der Waals surface area contributed by atoms with Gasteiger partial charge in [0.2, 0.25) is 5.43 Å². The fraction of sp³-hybridized carbons (Fsp3) is 0.400. The molecule has 2 aromatic rings. The predicted octanol–water partition coefficient (Wildman–Crippen LogP) is 2.05. The number of rotatable bonds is 3. The number of hydrogen-bond acceptors (Lipinski definition) is 4. The number of nitrogens with zero attached hydrogens (tertiary/aromatic N) is 4. The van der Waals surface area contributed by atoms with Gasteiger partial charge in [-0.05, 0) is 26.0 Å². The van der Waals surface area contributed by atoms with E-state index in [1.165, 1.54) is 30.0 Å². The number of para-hydroxylation sites is 1. The van der Waals surface area contributed by atoms with Gasteiger partial charge in [-0.2, -0.15) is 18.3 Å². The second-order valence-corrected chi connectivity index (χ2v) is 7.04. The Hall–Kier alpha value is -3.37. The van der Waals surface area contributed by atoms with Gasteiger partial charge in [0.05, 0.1) is 11.3 Å². The highest BCUT2D eigenvalue weighted by Crippen LogP contribution is 2.33. The molecular formula is C20H22F3N5O3. The van der Waals surface area contributed by atoms with Gasteiger partial charge >= 0.3 is 12.2 Å². The van der Waals surface area contributed by atoms with Crippen LogP contribution < -0.4 is 10.7 Å². The lowest BCUT2D eigenvalue weighted by atomic mass is 10.1. The van der Waals surface area contributed by atoms with Crippen LogP contribution in [0.5, 0.6) is 0 Å². The van der Waals surface area contributed by atoms with Crippen molar-refractivity contribution in [3.05, 3.63) is 57.5 Å². The minimum Gasteiger partial charge on any atom is -0.338 e. The van der Waals surface area contributed by atoms with Crippen molar-refractivity contribution in [1.29, 1.82) is 0 Å². The Morgan fingerprint density at radius 3 is 2.32 bits per heavy atom. The van der Waals surface area contributed by atoms with Crippen molar-refractivity contribution in [2.45, 2.75) is 20.0 Å². The molecule has 2 heterocycles. The summed E-state index contributed by atoms with van der Waals surface area (Å²) in [6, 6.07) is 5.67. The van der Waals surface area contributed by atoms with Gasteiger partial charge in [-0.25, -0.2) is 9.48 Å². The highest BCUT2D eigenvalue weighted by atomic mass is 19.4. The van der Waals surface area contributed by atoms with Crippen molar-refractivity contribution in [2.75, 3.05) is 32.7 Å². The van der Waals surface area contributed by atoms with E-state index < -0.39 is 28.8 Å². The summed E-state index contributed by atoms with van der Waals surface area (Å²) in [4.78, 5) is 40.2. The Morgan fingerprint density at radius 2 is 1.71 bits per heavy atom. The van der Waals surface area contributed by atoms with Crippen LogP contribution in [0.15, 0.2) is 35.1 Å². The monoisotopic (exact) mass is 437 g/mol. The molecule has 166 valence electrons. The van der Waals surface area contributed by atoms with Crippen molar-refractivity contribution in [3.8, 4) is 5.69 Å². The number of amides is 3. The summed E-state index contributed by atoms with van der Waals surface area (Å²) >= 11 is 0. The molecule has 31 heavy (non-hydrogen) atoms. The van der Waals surface area contributed by atoms with E-state index in [1.807, 2.05) is 0 Å². The summed E-state index contributed by atoms with van der Waals surface area (Å²) in [5.74, 6) is -0.682. The van der Waals surface area contributed by atoms with Crippen LogP contribution in [0.3, 0.4) is 0 Å². The smallest absolute Gasteiger partial charge is 0.338 e. The Balaban J connectivity index is 1.90. The van der Waals surface area contributed by atoms with Crippen LogP contribution in [0.4, 0.5) is 18.0 Å². The number of nitrogens with one attached hydrogen (secondary N) is 1. The first-order chi connectivity index (χ1) is 14.6. The van der Waals surface area contributed by atoms with Crippen LogP contribution in [0.2, 0.25) is 0 Å². The van der Waals surface area contributed by atoms with Crippen LogP contribution in [0.25, 0.3) is 5.69 Å². The maximum Gasteiger partial charge on any atom is 0.418 e. The van der Waals surface area contributed by atoms with Crippen LogP contribution in [0, 0.1) is 6.92 Å². The zero-order chi connectivity index (χ0) is 22.8. The first-order valence-electron chi connectivity index (χ1n) is 9.73. The lowest BCUT2D eigenvalue weighted by molar-refractivity contribution is -0.137. The van der Waals surface area contributed by atoms with Gasteiger partial charge in [-0.1, -0.05) is 12.1 Å². The number of benzene rings is 1. The second-order valence-electron chi connectivity index (χ2n) is 7.04. The molecule has 1 N–H and O–H groups in total. The van der Waals surface area contributed by atoms with Crippen molar-refractivity contribution in [2.24, 2.45) is 0 Å². The largest absolute Gasteiger partial charge is 0.418 e. The van der Waals surface area contributed by atoms with E-state index in [2.05, 4.69) is 10.4 Å². The Bertz CT molecular complexity index is 1040. The van der Waals surface area contributed by atoms with E-state index in [9.17, 15) is 27.6 Å². The molecule has 0 aliphatic carbocycles. The highest BCUT2D eigenvalue weighted by Gasteiger charge is 2.34.